The van der Waals surface area contributed by atoms with Crippen molar-refractivity contribution in [3.8, 4) is 0 Å². The Morgan fingerprint density at radius 1 is 1.17 bits per heavy atom. The summed E-state index contributed by atoms with van der Waals surface area (Å²) in [5.41, 5.74) is 0. The van der Waals surface area contributed by atoms with E-state index in [-0.39, 0.29) is 0 Å². The summed E-state index contributed by atoms with van der Waals surface area (Å²) in [6, 6.07) is 0. The maximum absolute atomic E-state index is 12.6. The first kappa shape index (κ1) is 18.2. The molecule has 2 atom stereocenters. The summed E-state index contributed by atoms with van der Waals surface area (Å²) in [6.45, 7) is 11.5. The van der Waals surface area contributed by atoms with E-state index in [4.69, 9.17) is 4.74 Å². The van der Waals surface area contributed by atoms with Crippen LogP contribution in [-0.4, -0.2) is 74.7 Å². The van der Waals surface area contributed by atoms with Gasteiger partial charge in [0.2, 0.25) is 5.91 Å². The van der Waals surface area contributed by atoms with Crippen molar-refractivity contribution in [3.63, 3.8) is 0 Å². The average Bonchev–Trinajstić information content (AvgIpc) is 2.64. The molecular formula is C19H35N3O2. The van der Waals surface area contributed by atoms with Gasteiger partial charge in [-0.1, -0.05) is 6.92 Å². The van der Waals surface area contributed by atoms with Gasteiger partial charge in [-0.15, -0.1) is 0 Å². The van der Waals surface area contributed by atoms with Gasteiger partial charge in [0, 0.05) is 39.1 Å². The van der Waals surface area contributed by atoms with E-state index in [1.165, 1.54) is 32.2 Å². The van der Waals surface area contributed by atoms with Gasteiger partial charge in [-0.3, -0.25) is 9.69 Å². The zero-order valence-electron chi connectivity index (χ0n) is 15.3. The van der Waals surface area contributed by atoms with Crippen LogP contribution in [0.5, 0.6) is 0 Å². The van der Waals surface area contributed by atoms with Gasteiger partial charge >= 0.3 is 0 Å². The Bertz CT molecular complexity index is 384. The van der Waals surface area contributed by atoms with E-state index in [1.807, 2.05) is 0 Å². The monoisotopic (exact) mass is 337 g/mol. The molecule has 0 saturated carbocycles. The summed E-state index contributed by atoms with van der Waals surface area (Å²) in [5.74, 6) is 2.34. The van der Waals surface area contributed by atoms with Crippen molar-refractivity contribution in [2.75, 3.05) is 59.0 Å². The van der Waals surface area contributed by atoms with E-state index in [0.717, 1.165) is 64.8 Å². The first-order valence-electron chi connectivity index (χ1n) is 10.0. The molecular weight excluding hydrogens is 302 g/mol. The van der Waals surface area contributed by atoms with E-state index < -0.39 is 0 Å². The molecule has 138 valence electrons. The largest absolute Gasteiger partial charge is 0.379 e. The first-order valence-corrected chi connectivity index (χ1v) is 10.0. The van der Waals surface area contributed by atoms with Crippen LogP contribution in [0.3, 0.4) is 0 Å². The fraction of sp³-hybridized carbons (Fsp3) is 0.947. The number of ether oxygens (including phenoxy) is 1. The highest BCUT2D eigenvalue weighted by Crippen LogP contribution is 2.25. The second-order valence-corrected chi connectivity index (χ2v) is 8.02. The highest BCUT2D eigenvalue weighted by atomic mass is 16.5. The van der Waals surface area contributed by atoms with Crippen molar-refractivity contribution < 1.29 is 9.53 Å². The van der Waals surface area contributed by atoms with Gasteiger partial charge in [-0.25, -0.2) is 0 Å². The highest BCUT2D eigenvalue weighted by Gasteiger charge is 2.28. The maximum atomic E-state index is 12.6. The number of morpholine rings is 1. The Hall–Kier alpha value is -0.650. The summed E-state index contributed by atoms with van der Waals surface area (Å²) in [4.78, 5) is 17.3. The number of nitrogens with one attached hydrogen (secondary N) is 1. The van der Waals surface area contributed by atoms with Gasteiger partial charge in [-0.2, -0.15) is 0 Å². The van der Waals surface area contributed by atoms with Crippen LogP contribution in [0, 0.1) is 17.8 Å². The van der Waals surface area contributed by atoms with E-state index in [0.29, 0.717) is 17.7 Å². The minimum Gasteiger partial charge on any atom is -0.379 e. The smallest absolute Gasteiger partial charge is 0.222 e. The van der Waals surface area contributed by atoms with Crippen molar-refractivity contribution in [1.29, 1.82) is 0 Å². The first-order chi connectivity index (χ1) is 11.7. The molecule has 3 aliphatic rings. The molecule has 0 bridgehead atoms. The van der Waals surface area contributed by atoms with Crippen LogP contribution < -0.4 is 5.32 Å². The highest BCUT2D eigenvalue weighted by molar-refractivity contribution is 5.76. The number of hydrogen-bond donors (Lipinski definition) is 1. The van der Waals surface area contributed by atoms with Gasteiger partial charge in [0.1, 0.15) is 0 Å². The quantitative estimate of drug-likeness (QED) is 0.827. The minimum atomic E-state index is 0.387. The number of carbonyl (C=O) groups excluding carboxylic acids is 1. The lowest BCUT2D eigenvalue weighted by molar-refractivity contribution is -0.134. The van der Waals surface area contributed by atoms with Gasteiger partial charge in [0.25, 0.3) is 0 Å². The molecule has 3 aliphatic heterocycles. The molecule has 2 unspecified atom stereocenters. The third-order valence-corrected chi connectivity index (χ3v) is 6.22. The van der Waals surface area contributed by atoms with E-state index in [1.54, 1.807) is 0 Å². The maximum Gasteiger partial charge on any atom is 0.222 e. The van der Waals surface area contributed by atoms with Crippen molar-refractivity contribution in [2.24, 2.45) is 17.8 Å². The molecule has 0 aromatic rings. The number of likely N-dealkylation sites (tertiary alicyclic amines) is 1. The predicted octanol–water partition coefficient (Wildman–Crippen LogP) is 1.58. The van der Waals surface area contributed by atoms with Gasteiger partial charge in [0.15, 0.2) is 0 Å². The lowest BCUT2D eigenvalue weighted by Gasteiger charge is -2.37. The van der Waals surface area contributed by atoms with Crippen molar-refractivity contribution in [3.05, 3.63) is 0 Å². The Labute approximate surface area is 147 Å². The topological polar surface area (TPSA) is 44.8 Å². The number of rotatable bonds is 5. The molecule has 3 rings (SSSR count). The summed E-state index contributed by atoms with van der Waals surface area (Å²) in [6.07, 6.45) is 5.62. The van der Waals surface area contributed by atoms with Crippen molar-refractivity contribution in [2.45, 2.75) is 39.0 Å². The fourth-order valence-corrected chi connectivity index (χ4v) is 4.45. The molecule has 0 aromatic carbocycles. The second kappa shape index (κ2) is 9.16. The van der Waals surface area contributed by atoms with Crippen LogP contribution >= 0.6 is 0 Å². The number of hydrogen-bond acceptors (Lipinski definition) is 4. The third-order valence-electron chi connectivity index (χ3n) is 6.22. The Morgan fingerprint density at radius 3 is 2.58 bits per heavy atom. The molecule has 3 heterocycles. The van der Waals surface area contributed by atoms with Crippen LogP contribution in [-0.2, 0) is 9.53 Å². The molecule has 0 aromatic heterocycles. The molecule has 5 nitrogen and oxygen atoms in total. The number of nitrogens with zero attached hydrogens (tertiary/aromatic N) is 2. The number of carbonyl (C=O) groups is 1. The van der Waals surface area contributed by atoms with Crippen LogP contribution in [0.15, 0.2) is 0 Å². The van der Waals surface area contributed by atoms with Crippen molar-refractivity contribution >= 4 is 5.91 Å². The predicted molar refractivity (Wildman–Crippen MR) is 95.9 cm³/mol. The minimum absolute atomic E-state index is 0.387. The van der Waals surface area contributed by atoms with E-state index >= 15 is 0 Å². The number of amides is 1. The van der Waals surface area contributed by atoms with E-state index in [9.17, 15) is 4.79 Å². The molecule has 24 heavy (non-hydrogen) atoms. The van der Waals surface area contributed by atoms with E-state index in [2.05, 4.69) is 22.0 Å². The summed E-state index contributed by atoms with van der Waals surface area (Å²) >= 11 is 0. The van der Waals surface area contributed by atoms with Crippen LogP contribution in [0.25, 0.3) is 0 Å². The molecule has 0 aliphatic carbocycles. The number of piperidine rings is 2. The summed E-state index contributed by atoms with van der Waals surface area (Å²) in [7, 11) is 0. The van der Waals surface area contributed by atoms with Crippen LogP contribution in [0.4, 0.5) is 0 Å². The van der Waals surface area contributed by atoms with Crippen LogP contribution in [0.2, 0.25) is 0 Å². The molecule has 5 heteroatoms. The fourth-order valence-electron chi connectivity index (χ4n) is 4.45. The summed E-state index contributed by atoms with van der Waals surface area (Å²) in [5, 5.41) is 3.47. The Kier molecular flexibility index (Phi) is 6.93. The average molecular weight is 338 g/mol. The molecule has 0 spiro atoms. The Balaban J connectivity index is 1.36. The third kappa shape index (κ3) is 5.17. The van der Waals surface area contributed by atoms with Gasteiger partial charge < -0.3 is 15.0 Å². The zero-order chi connectivity index (χ0) is 16.8. The van der Waals surface area contributed by atoms with Crippen LogP contribution in [0.1, 0.15) is 39.0 Å². The lowest BCUT2D eigenvalue weighted by atomic mass is 9.85. The molecule has 1 amide bonds. The molecule has 0 radical (unpaired) electrons. The molecule has 1 N–H and O–H groups in total. The van der Waals surface area contributed by atoms with Gasteiger partial charge in [0.05, 0.1) is 13.2 Å². The summed E-state index contributed by atoms with van der Waals surface area (Å²) < 4.78 is 5.43. The Morgan fingerprint density at radius 2 is 1.92 bits per heavy atom. The van der Waals surface area contributed by atoms with Crippen molar-refractivity contribution in [1.82, 2.24) is 15.1 Å². The second-order valence-electron chi connectivity index (χ2n) is 8.02. The zero-order valence-corrected chi connectivity index (χ0v) is 15.3. The molecule has 3 fully saturated rings. The van der Waals surface area contributed by atoms with Gasteiger partial charge in [-0.05, 0) is 56.5 Å². The SMILES string of the molecule is CC(CC(=O)N1CCC(CN2CCOCC2)CC1)C1CCCNC1. The standard InChI is InChI=1S/C19H35N3O2/c1-16(18-3-2-6-20-14-18)13-19(23)22-7-4-17(5-8-22)15-21-9-11-24-12-10-21/h16-18,20H,2-15H2,1H3. The normalized spacial score (nSPS) is 28.7. The lowest BCUT2D eigenvalue weighted by Crippen LogP contribution is -2.44. The molecule has 3 saturated heterocycles.